The van der Waals surface area contributed by atoms with Gasteiger partial charge in [0.2, 0.25) is 0 Å². The maximum Gasteiger partial charge on any atom is 0.154 e. The molecule has 0 amide bonds. The minimum Gasteiger partial charge on any atom is -0.460 e. The SMILES string of the molecule is Cc1ccc(-c2cn3c(n2)[C@@H](C)CCC3)o1. The first-order valence-corrected chi connectivity index (χ1v) is 5.88. The summed E-state index contributed by atoms with van der Waals surface area (Å²) in [7, 11) is 0. The number of furan rings is 1. The van der Waals surface area contributed by atoms with Crippen LogP contribution in [0.25, 0.3) is 11.5 Å². The van der Waals surface area contributed by atoms with Crippen molar-refractivity contribution in [1.29, 1.82) is 0 Å². The summed E-state index contributed by atoms with van der Waals surface area (Å²) in [5, 5.41) is 0. The molecule has 0 saturated carbocycles. The quantitative estimate of drug-likeness (QED) is 0.732. The molecule has 0 saturated heterocycles. The Morgan fingerprint density at radius 1 is 1.44 bits per heavy atom. The van der Waals surface area contributed by atoms with E-state index >= 15 is 0 Å². The molecule has 0 spiro atoms. The number of hydrogen-bond donors (Lipinski definition) is 0. The van der Waals surface area contributed by atoms with Gasteiger partial charge in [-0.2, -0.15) is 0 Å². The van der Waals surface area contributed by atoms with Crippen LogP contribution in [0, 0.1) is 6.92 Å². The number of aromatic nitrogens is 2. The molecule has 1 aliphatic heterocycles. The molecular weight excluding hydrogens is 200 g/mol. The fourth-order valence-corrected chi connectivity index (χ4v) is 2.39. The van der Waals surface area contributed by atoms with E-state index in [1.165, 1.54) is 18.7 Å². The molecule has 2 aromatic heterocycles. The highest BCUT2D eigenvalue weighted by Crippen LogP contribution is 2.29. The molecule has 0 unspecified atom stereocenters. The van der Waals surface area contributed by atoms with E-state index in [1.807, 2.05) is 19.1 Å². The minimum absolute atomic E-state index is 0.568. The Labute approximate surface area is 95.1 Å². The van der Waals surface area contributed by atoms with Gasteiger partial charge in [0.25, 0.3) is 0 Å². The molecule has 0 fully saturated rings. The van der Waals surface area contributed by atoms with E-state index < -0.39 is 0 Å². The lowest BCUT2D eigenvalue weighted by Crippen LogP contribution is -2.12. The van der Waals surface area contributed by atoms with Crippen molar-refractivity contribution in [2.24, 2.45) is 0 Å². The smallest absolute Gasteiger partial charge is 0.154 e. The van der Waals surface area contributed by atoms with E-state index in [9.17, 15) is 0 Å². The summed E-state index contributed by atoms with van der Waals surface area (Å²) in [4.78, 5) is 4.68. The average Bonchev–Trinajstić information content (AvgIpc) is 2.84. The highest BCUT2D eigenvalue weighted by molar-refractivity contribution is 5.52. The normalized spacial score (nSPS) is 19.8. The number of nitrogens with zero attached hydrogens (tertiary/aromatic N) is 2. The first-order chi connectivity index (χ1) is 7.74. The Bertz CT molecular complexity index is 510. The molecule has 3 heterocycles. The molecule has 0 bridgehead atoms. The molecule has 1 aliphatic rings. The highest BCUT2D eigenvalue weighted by Gasteiger charge is 2.20. The second-order valence-electron chi connectivity index (χ2n) is 4.63. The van der Waals surface area contributed by atoms with Crippen LogP contribution in [-0.4, -0.2) is 9.55 Å². The standard InChI is InChI=1S/C13H16N2O/c1-9-4-3-7-15-8-11(14-13(9)15)12-6-5-10(2)16-12/h5-6,8-9H,3-4,7H2,1-2H3/t9-/m0/s1. The number of hydrogen-bond acceptors (Lipinski definition) is 2. The van der Waals surface area contributed by atoms with Crippen LogP contribution in [0.15, 0.2) is 22.7 Å². The maximum absolute atomic E-state index is 5.61. The number of imidazole rings is 1. The van der Waals surface area contributed by atoms with Crippen molar-refractivity contribution in [2.75, 3.05) is 0 Å². The van der Waals surface area contributed by atoms with Crippen LogP contribution in [0.3, 0.4) is 0 Å². The number of rotatable bonds is 1. The van der Waals surface area contributed by atoms with Gasteiger partial charge < -0.3 is 8.98 Å². The van der Waals surface area contributed by atoms with Gasteiger partial charge in [0.1, 0.15) is 17.3 Å². The van der Waals surface area contributed by atoms with Gasteiger partial charge in [-0.25, -0.2) is 4.98 Å². The third kappa shape index (κ3) is 1.47. The van der Waals surface area contributed by atoms with Crippen LogP contribution < -0.4 is 0 Å². The largest absolute Gasteiger partial charge is 0.460 e. The van der Waals surface area contributed by atoms with E-state index in [0.29, 0.717) is 5.92 Å². The Balaban J connectivity index is 2.04. The summed E-state index contributed by atoms with van der Waals surface area (Å²) in [6.45, 7) is 5.30. The zero-order valence-electron chi connectivity index (χ0n) is 9.73. The van der Waals surface area contributed by atoms with Crippen molar-refractivity contribution in [1.82, 2.24) is 9.55 Å². The van der Waals surface area contributed by atoms with Crippen molar-refractivity contribution in [3.63, 3.8) is 0 Å². The summed E-state index contributed by atoms with van der Waals surface area (Å²) in [6, 6.07) is 3.98. The van der Waals surface area contributed by atoms with E-state index in [1.54, 1.807) is 0 Å². The van der Waals surface area contributed by atoms with E-state index in [4.69, 9.17) is 4.42 Å². The predicted octanol–water partition coefficient (Wildman–Crippen LogP) is 3.35. The minimum atomic E-state index is 0.568. The molecule has 84 valence electrons. The molecule has 3 heteroatoms. The fraction of sp³-hybridized carbons (Fsp3) is 0.462. The second kappa shape index (κ2) is 3.51. The van der Waals surface area contributed by atoms with Crippen molar-refractivity contribution >= 4 is 0 Å². The van der Waals surface area contributed by atoms with Crippen LogP contribution in [-0.2, 0) is 6.54 Å². The zero-order valence-corrected chi connectivity index (χ0v) is 9.73. The van der Waals surface area contributed by atoms with Crippen molar-refractivity contribution in [3.05, 3.63) is 29.9 Å². The molecule has 0 N–H and O–H groups in total. The highest BCUT2D eigenvalue weighted by atomic mass is 16.3. The lowest BCUT2D eigenvalue weighted by Gasteiger charge is -2.19. The molecule has 1 atom stereocenters. The second-order valence-corrected chi connectivity index (χ2v) is 4.63. The fourth-order valence-electron chi connectivity index (χ4n) is 2.39. The third-order valence-electron chi connectivity index (χ3n) is 3.28. The predicted molar refractivity (Wildman–Crippen MR) is 62.3 cm³/mol. The van der Waals surface area contributed by atoms with Gasteiger partial charge in [0.05, 0.1) is 0 Å². The molecule has 2 aromatic rings. The van der Waals surface area contributed by atoms with E-state index in [2.05, 4.69) is 22.7 Å². The molecule has 0 radical (unpaired) electrons. The van der Waals surface area contributed by atoms with Crippen LogP contribution in [0.1, 0.15) is 37.3 Å². The average molecular weight is 216 g/mol. The van der Waals surface area contributed by atoms with Gasteiger partial charge in [0.15, 0.2) is 5.76 Å². The van der Waals surface area contributed by atoms with Gasteiger partial charge >= 0.3 is 0 Å². The number of fused-ring (bicyclic) bond motifs is 1. The molecular formula is C13H16N2O. The van der Waals surface area contributed by atoms with E-state index in [-0.39, 0.29) is 0 Å². The summed E-state index contributed by atoms with van der Waals surface area (Å²) in [5.41, 5.74) is 0.969. The van der Waals surface area contributed by atoms with Crippen LogP contribution in [0.5, 0.6) is 0 Å². The van der Waals surface area contributed by atoms with Gasteiger partial charge in [0, 0.05) is 18.7 Å². The number of aryl methyl sites for hydroxylation is 2. The summed E-state index contributed by atoms with van der Waals surface area (Å²) < 4.78 is 7.87. The van der Waals surface area contributed by atoms with Crippen molar-refractivity contribution in [2.45, 2.75) is 39.2 Å². The topological polar surface area (TPSA) is 31.0 Å². The first kappa shape index (κ1) is 9.70. The Kier molecular flexibility index (Phi) is 2.13. The van der Waals surface area contributed by atoms with Crippen LogP contribution in [0.4, 0.5) is 0 Å². The molecule has 0 aliphatic carbocycles. The summed E-state index contributed by atoms with van der Waals surface area (Å²) in [6.07, 6.45) is 4.61. The van der Waals surface area contributed by atoms with Gasteiger partial charge in [-0.3, -0.25) is 0 Å². The lowest BCUT2D eigenvalue weighted by molar-refractivity contribution is 0.463. The molecule has 16 heavy (non-hydrogen) atoms. The third-order valence-corrected chi connectivity index (χ3v) is 3.28. The van der Waals surface area contributed by atoms with Gasteiger partial charge in [-0.1, -0.05) is 6.92 Å². The van der Waals surface area contributed by atoms with Crippen LogP contribution in [0.2, 0.25) is 0 Å². The van der Waals surface area contributed by atoms with E-state index in [0.717, 1.165) is 23.8 Å². The first-order valence-electron chi connectivity index (χ1n) is 5.88. The molecule has 3 nitrogen and oxygen atoms in total. The summed E-state index contributed by atoms with van der Waals surface area (Å²) >= 11 is 0. The van der Waals surface area contributed by atoms with Crippen molar-refractivity contribution < 1.29 is 4.42 Å². The maximum atomic E-state index is 5.61. The molecule has 0 aromatic carbocycles. The van der Waals surface area contributed by atoms with Crippen LogP contribution >= 0.6 is 0 Å². The Hall–Kier alpha value is -1.51. The monoisotopic (exact) mass is 216 g/mol. The van der Waals surface area contributed by atoms with Gasteiger partial charge in [-0.05, 0) is 31.9 Å². The Morgan fingerprint density at radius 2 is 2.31 bits per heavy atom. The van der Waals surface area contributed by atoms with Gasteiger partial charge in [-0.15, -0.1) is 0 Å². The summed E-state index contributed by atoms with van der Waals surface area (Å²) in [5.74, 6) is 3.59. The zero-order chi connectivity index (χ0) is 11.1. The Morgan fingerprint density at radius 3 is 3.00 bits per heavy atom. The molecule has 3 rings (SSSR count). The van der Waals surface area contributed by atoms with Crippen molar-refractivity contribution in [3.8, 4) is 11.5 Å². The lowest BCUT2D eigenvalue weighted by atomic mass is 10.0.